The van der Waals surface area contributed by atoms with Gasteiger partial charge < -0.3 is 10.4 Å². The molecule has 1 amide bonds. The number of rotatable bonds is 2. The minimum Gasteiger partial charge on any atom is -0.387 e. The lowest BCUT2D eigenvalue weighted by Gasteiger charge is -2.26. The quantitative estimate of drug-likeness (QED) is 0.641. The lowest BCUT2D eigenvalue weighted by Crippen LogP contribution is -2.38. The summed E-state index contributed by atoms with van der Waals surface area (Å²) >= 11 is 0. The summed E-state index contributed by atoms with van der Waals surface area (Å²) in [6.45, 7) is 1.86. The molecule has 0 aromatic carbocycles. The summed E-state index contributed by atoms with van der Waals surface area (Å²) in [5.41, 5.74) is 0. The number of carbonyl (C=O) groups excluding carboxylic acids is 1. The fourth-order valence-corrected chi connectivity index (χ4v) is 1.68. The van der Waals surface area contributed by atoms with Gasteiger partial charge in [0.1, 0.15) is 6.61 Å². The zero-order valence-corrected chi connectivity index (χ0v) is 7.55. The van der Waals surface area contributed by atoms with E-state index in [1.165, 1.54) is 12.8 Å². The first-order chi connectivity index (χ1) is 5.72. The van der Waals surface area contributed by atoms with Gasteiger partial charge >= 0.3 is 0 Å². The number of amides is 1. The van der Waals surface area contributed by atoms with Gasteiger partial charge in [-0.25, -0.2) is 0 Å². The summed E-state index contributed by atoms with van der Waals surface area (Å²) in [5, 5.41) is 11.3. The third-order valence-corrected chi connectivity index (χ3v) is 2.52. The Hall–Kier alpha value is -0.570. The van der Waals surface area contributed by atoms with E-state index in [1.807, 2.05) is 0 Å². The van der Waals surface area contributed by atoms with Crippen molar-refractivity contribution in [2.75, 3.05) is 6.61 Å². The molecule has 3 heteroatoms. The van der Waals surface area contributed by atoms with Crippen molar-refractivity contribution < 1.29 is 9.90 Å². The fraction of sp³-hybridized carbons (Fsp3) is 0.889. The van der Waals surface area contributed by atoms with Crippen LogP contribution in [-0.4, -0.2) is 23.7 Å². The number of nitrogens with one attached hydrogen (secondary N) is 1. The van der Waals surface area contributed by atoms with Crippen LogP contribution in [0.4, 0.5) is 0 Å². The van der Waals surface area contributed by atoms with Crippen LogP contribution in [-0.2, 0) is 4.79 Å². The van der Waals surface area contributed by atoms with Crippen LogP contribution < -0.4 is 5.32 Å². The summed E-state index contributed by atoms with van der Waals surface area (Å²) in [6, 6.07) is 0.306. The maximum Gasteiger partial charge on any atom is 0.245 e. The van der Waals surface area contributed by atoms with Crippen molar-refractivity contribution in [2.45, 2.75) is 38.6 Å². The first-order valence-corrected chi connectivity index (χ1v) is 4.62. The van der Waals surface area contributed by atoms with Crippen molar-refractivity contribution in [1.29, 1.82) is 0 Å². The normalized spacial score (nSPS) is 29.8. The minimum atomic E-state index is -0.383. The molecule has 0 radical (unpaired) electrons. The van der Waals surface area contributed by atoms with E-state index in [9.17, 15) is 4.79 Å². The van der Waals surface area contributed by atoms with Crippen LogP contribution in [0.25, 0.3) is 0 Å². The summed E-state index contributed by atoms with van der Waals surface area (Å²) in [5.74, 6) is 0.557. The molecule has 0 aliphatic heterocycles. The van der Waals surface area contributed by atoms with Crippen LogP contribution >= 0.6 is 0 Å². The third kappa shape index (κ3) is 2.81. The van der Waals surface area contributed by atoms with E-state index in [0.717, 1.165) is 18.8 Å². The van der Waals surface area contributed by atoms with E-state index in [2.05, 4.69) is 12.2 Å². The zero-order valence-electron chi connectivity index (χ0n) is 7.55. The highest BCUT2D eigenvalue weighted by atomic mass is 16.3. The number of carbonyl (C=O) groups is 1. The summed E-state index contributed by atoms with van der Waals surface area (Å²) in [7, 11) is 0. The van der Waals surface area contributed by atoms with Gasteiger partial charge in [0.2, 0.25) is 5.91 Å². The lowest BCUT2D eigenvalue weighted by atomic mass is 9.87. The fourth-order valence-electron chi connectivity index (χ4n) is 1.68. The average Bonchev–Trinajstić information content (AvgIpc) is 2.09. The number of aliphatic hydroxyl groups is 1. The molecule has 0 aromatic heterocycles. The van der Waals surface area contributed by atoms with E-state index < -0.39 is 0 Å². The van der Waals surface area contributed by atoms with Crippen LogP contribution in [0, 0.1) is 5.92 Å². The number of hydrogen-bond acceptors (Lipinski definition) is 2. The highest BCUT2D eigenvalue weighted by molar-refractivity contribution is 5.77. The van der Waals surface area contributed by atoms with Crippen LogP contribution in [0.1, 0.15) is 32.6 Å². The van der Waals surface area contributed by atoms with Gasteiger partial charge in [-0.15, -0.1) is 0 Å². The van der Waals surface area contributed by atoms with Gasteiger partial charge in [0.05, 0.1) is 0 Å². The van der Waals surface area contributed by atoms with Crippen LogP contribution in [0.2, 0.25) is 0 Å². The van der Waals surface area contributed by atoms with Gasteiger partial charge in [0.15, 0.2) is 0 Å². The Labute approximate surface area is 73.2 Å². The van der Waals surface area contributed by atoms with Gasteiger partial charge in [-0.2, -0.15) is 0 Å². The Kier molecular flexibility index (Phi) is 3.53. The molecule has 1 rings (SSSR count). The van der Waals surface area contributed by atoms with E-state index in [1.54, 1.807) is 0 Å². The minimum absolute atomic E-state index is 0.241. The standard InChI is InChI=1S/C9H17NO2/c1-7-2-4-8(5-3-7)10-9(12)6-11/h7-8,11H,2-6H2,1H3,(H,10,12). The number of aliphatic hydroxyl groups excluding tert-OH is 1. The average molecular weight is 171 g/mol. The van der Waals surface area contributed by atoms with Crippen molar-refractivity contribution in [3.05, 3.63) is 0 Å². The van der Waals surface area contributed by atoms with E-state index in [4.69, 9.17) is 5.11 Å². The Morgan fingerprint density at radius 3 is 2.50 bits per heavy atom. The molecule has 1 aliphatic rings. The first kappa shape index (κ1) is 9.52. The molecule has 1 aliphatic carbocycles. The summed E-state index contributed by atoms with van der Waals surface area (Å²) in [4.78, 5) is 10.8. The van der Waals surface area contributed by atoms with E-state index in [0.29, 0.717) is 6.04 Å². The Bertz CT molecular complexity index is 151. The predicted octanol–water partition coefficient (Wildman–Crippen LogP) is 0.674. The molecule has 1 fully saturated rings. The Morgan fingerprint density at radius 1 is 1.42 bits per heavy atom. The van der Waals surface area contributed by atoms with Gasteiger partial charge in [-0.3, -0.25) is 4.79 Å². The highest BCUT2D eigenvalue weighted by Crippen LogP contribution is 2.23. The van der Waals surface area contributed by atoms with Gasteiger partial charge in [-0.05, 0) is 31.6 Å². The van der Waals surface area contributed by atoms with Gasteiger partial charge in [0, 0.05) is 6.04 Å². The maximum absolute atomic E-state index is 10.8. The molecule has 0 spiro atoms. The van der Waals surface area contributed by atoms with E-state index in [-0.39, 0.29) is 12.5 Å². The highest BCUT2D eigenvalue weighted by Gasteiger charge is 2.18. The molecule has 0 bridgehead atoms. The second-order valence-electron chi connectivity index (χ2n) is 3.68. The Balaban J connectivity index is 2.21. The van der Waals surface area contributed by atoms with Crippen molar-refractivity contribution in [2.24, 2.45) is 5.92 Å². The van der Waals surface area contributed by atoms with Crippen LogP contribution in [0.3, 0.4) is 0 Å². The third-order valence-electron chi connectivity index (χ3n) is 2.52. The molecule has 1 saturated carbocycles. The van der Waals surface area contributed by atoms with Crippen LogP contribution in [0.15, 0.2) is 0 Å². The molecule has 0 aromatic rings. The van der Waals surface area contributed by atoms with Gasteiger partial charge in [-0.1, -0.05) is 6.92 Å². The summed E-state index contributed by atoms with van der Waals surface area (Å²) in [6.07, 6.45) is 4.51. The molecular weight excluding hydrogens is 154 g/mol. The smallest absolute Gasteiger partial charge is 0.245 e. The van der Waals surface area contributed by atoms with E-state index >= 15 is 0 Å². The molecule has 12 heavy (non-hydrogen) atoms. The molecular formula is C9H17NO2. The topological polar surface area (TPSA) is 49.3 Å². The molecule has 0 heterocycles. The maximum atomic E-state index is 10.8. The molecule has 3 nitrogen and oxygen atoms in total. The van der Waals surface area contributed by atoms with Crippen LogP contribution in [0.5, 0.6) is 0 Å². The SMILES string of the molecule is CC1CCC(NC(=O)CO)CC1. The van der Waals surface area contributed by atoms with Crippen molar-refractivity contribution in [3.63, 3.8) is 0 Å². The first-order valence-electron chi connectivity index (χ1n) is 4.62. The molecule has 70 valence electrons. The second-order valence-corrected chi connectivity index (χ2v) is 3.68. The monoisotopic (exact) mass is 171 g/mol. The molecule has 2 N–H and O–H groups in total. The number of hydrogen-bond donors (Lipinski definition) is 2. The predicted molar refractivity (Wildman–Crippen MR) is 46.6 cm³/mol. The second kappa shape index (κ2) is 4.45. The molecule has 0 saturated heterocycles. The molecule has 0 unspecified atom stereocenters. The summed E-state index contributed by atoms with van der Waals surface area (Å²) < 4.78 is 0. The Morgan fingerprint density at radius 2 is 2.00 bits per heavy atom. The van der Waals surface area contributed by atoms with Crippen molar-refractivity contribution >= 4 is 5.91 Å². The lowest BCUT2D eigenvalue weighted by molar-refractivity contribution is -0.124. The van der Waals surface area contributed by atoms with Crippen molar-refractivity contribution in [1.82, 2.24) is 5.32 Å². The zero-order chi connectivity index (χ0) is 8.97. The van der Waals surface area contributed by atoms with Crippen molar-refractivity contribution in [3.8, 4) is 0 Å². The van der Waals surface area contributed by atoms with Gasteiger partial charge in [0.25, 0.3) is 0 Å². The largest absolute Gasteiger partial charge is 0.387 e. The molecule has 0 atom stereocenters.